The first-order valence-electron chi connectivity index (χ1n) is 5.90. The van der Waals surface area contributed by atoms with Gasteiger partial charge in [-0.2, -0.15) is 0 Å². The number of allylic oxidation sites excluding steroid dienone is 1. The normalized spacial score (nSPS) is 34.1. The van der Waals surface area contributed by atoms with Gasteiger partial charge in [-0.05, 0) is 36.5 Å². The lowest BCUT2D eigenvalue weighted by Gasteiger charge is -2.44. The Morgan fingerprint density at radius 1 is 1.50 bits per heavy atom. The van der Waals surface area contributed by atoms with Crippen molar-refractivity contribution in [3.8, 4) is 0 Å². The Kier molecular flexibility index (Phi) is 4.14. The first kappa shape index (κ1) is 13.2. The Balaban J connectivity index is 2.65. The molecule has 0 aromatic heterocycles. The number of carboxylic acids is 1. The van der Waals surface area contributed by atoms with Crippen LogP contribution < -0.4 is 0 Å². The van der Waals surface area contributed by atoms with Crippen molar-refractivity contribution in [2.24, 2.45) is 17.3 Å². The molecule has 0 aromatic carbocycles. The molecule has 0 saturated heterocycles. The molecule has 0 aliphatic heterocycles. The Morgan fingerprint density at radius 2 is 2.12 bits per heavy atom. The van der Waals surface area contributed by atoms with Crippen LogP contribution in [0.5, 0.6) is 0 Å². The molecular formula is C13H22O3. The molecule has 1 saturated carbocycles. The molecule has 1 fully saturated rings. The Morgan fingerprint density at radius 3 is 2.62 bits per heavy atom. The number of carboxylic acid groups (broad SMARTS) is 1. The monoisotopic (exact) mass is 226 g/mol. The maximum Gasteiger partial charge on any atom is 0.327 e. The first-order valence-corrected chi connectivity index (χ1v) is 5.90. The van der Waals surface area contributed by atoms with Gasteiger partial charge in [-0.15, -0.1) is 0 Å². The third-order valence-corrected chi connectivity index (χ3v) is 3.75. The summed E-state index contributed by atoms with van der Waals surface area (Å²) in [4.78, 5) is 10.4. The van der Waals surface area contributed by atoms with Crippen LogP contribution in [0.4, 0.5) is 0 Å². The smallest absolute Gasteiger partial charge is 0.327 e. The zero-order valence-electron chi connectivity index (χ0n) is 10.3. The summed E-state index contributed by atoms with van der Waals surface area (Å²) in [6, 6.07) is 0. The van der Waals surface area contributed by atoms with Gasteiger partial charge in [-0.3, -0.25) is 0 Å². The molecule has 2 N–H and O–H groups in total. The Labute approximate surface area is 97.2 Å². The molecule has 0 amide bonds. The summed E-state index contributed by atoms with van der Waals surface area (Å²) in [7, 11) is 0. The van der Waals surface area contributed by atoms with Crippen LogP contribution in [0, 0.1) is 17.3 Å². The van der Waals surface area contributed by atoms with E-state index in [1.807, 2.05) is 0 Å². The fraction of sp³-hybridized carbons (Fsp3) is 0.769. The van der Waals surface area contributed by atoms with Crippen LogP contribution in [0.1, 0.15) is 40.0 Å². The minimum absolute atomic E-state index is 0.0833. The standard InChI is InChI=1S/C13H22O3/c1-9-7-10(14)8-13(2,3)11(9)5-4-6-12(15)16/h4,6,9-11,14H,5,7-8H2,1-3H3,(H,15,16)/b6-4+. The average Bonchev–Trinajstić information content (AvgIpc) is 2.07. The number of aliphatic hydroxyl groups excluding tert-OH is 1. The summed E-state index contributed by atoms with van der Waals surface area (Å²) in [5.41, 5.74) is 0.0833. The number of carbonyl (C=O) groups is 1. The molecule has 92 valence electrons. The van der Waals surface area contributed by atoms with Gasteiger partial charge >= 0.3 is 5.97 Å². The highest BCUT2D eigenvalue weighted by atomic mass is 16.4. The van der Waals surface area contributed by atoms with Gasteiger partial charge in [0.25, 0.3) is 0 Å². The summed E-state index contributed by atoms with van der Waals surface area (Å²) in [6.45, 7) is 6.46. The SMILES string of the molecule is CC1CC(O)CC(C)(C)C1C/C=C/C(=O)O. The molecule has 0 radical (unpaired) electrons. The number of hydrogen-bond donors (Lipinski definition) is 2. The van der Waals surface area contributed by atoms with Crippen LogP contribution in [-0.2, 0) is 4.79 Å². The van der Waals surface area contributed by atoms with Crippen molar-refractivity contribution in [3.05, 3.63) is 12.2 Å². The predicted octanol–water partition coefficient (Wildman–Crippen LogP) is 2.45. The molecule has 1 aliphatic rings. The molecule has 1 aliphatic carbocycles. The number of hydrogen-bond acceptors (Lipinski definition) is 2. The maximum atomic E-state index is 10.4. The fourth-order valence-electron chi connectivity index (χ4n) is 3.07. The largest absolute Gasteiger partial charge is 0.478 e. The second kappa shape index (κ2) is 5.00. The first-order chi connectivity index (χ1) is 7.33. The molecule has 0 spiro atoms. The van der Waals surface area contributed by atoms with Gasteiger partial charge in [0.2, 0.25) is 0 Å². The molecule has 0 bridgehead atoms. The summed E-state index contributed by atoms with van der Waals surface area (Å²) >= 11 is 0. The maximum absolute atomic E-state index is 10.4. The van der Waals surface area contributed by atoms with Crippen LogP contribution in [0.2, 0.25) is 0 Å². The van der Waals surface area contributed by atoms with E-state index in [0.717, 1.165) is 19.3 Å². The van der Waals surface area contributed by atoms with Gasteiger partial charge in [0.05, 0.1) is 6.10 Å². The van der Waals surface area contributed by atoms with E-state index in [2.05, 4.69) is 20.8 Å². The second-order valence-corrected chi connectivity index (χ2v) is 5.64. The number of aliphatic carboxylic acids is 1. The zero-order chi connectivity index (χ0) is 12.3. The minimum atomic E-state index is -0.888. The number of rotatable bonds is 3. The molecule has 16 heavy (non-hydrogen) atoms. The van der Waals surface area contributed by atoms with Crippen molar-refractivity contribution < 1.29 is 15.0 Å². The van der Waals surface area contributed by atoms with E-state index >= 15 is 0 Å². The van der Waals surface area contributed by atoms with Gasteiger partial charge < -0.3 is 10.2 Å². The second-order valence-electron chi connectivity index (χ2n) is 5.64. The van der Waals surface area contributed by atoms with Gasteiger partial charge in [-0.1, -0.05) is 26.8 Å². The topological polar surface area (TPSA) is 57.5 Å². The third kappa shape index (κ3) is 3.34. The van der Waals surface area contributed by atoms with Crippen molar-refractivity contribution in [2.75, 3.05) is 0 Å². The molecule has 1 rings (SSSR count). The van der Waals surface area contributed by atoms with E-state index < -0.39 is 5.97 Å². The van der Waals surface area contributed by atoms with Gasteiger partial charge in [0.1, 0.15) is 0 Å². The van der Waals surface area contributed by atoms with E-state index in [1.54, 1.807) is 6.08 Å². The lowest BCUT2D eigenvalue weighted by atomic mass is 9.62. The van der Waals surface area contributed by atoms with Crippen molar-refractivity contribution in [1.82, 2.24) is 0 Å². The minimum Gasteiger partial charge on any atom is -0.478 e. The third-order valence-electron chi connectivity index (χ3n) is 3.75. The number of aliphatic hydroxyl groups is 1. The van der Waals surface area contributed by atoms with Crippen molar-refractivity contribution in [3.63, 3.8) is 0 Å². The highest BCUT2D eigenvalue weighted by Gasteiger charge is 2.39. The zero-order valence-corrected chi connectivity index (χ0v) is 10.3. The molecule has 3 heteroatoms. The summed E-state index contributed by atoms with van der Waals surface area (Å²) in [5, 5.41) is 18.3. The van der Waals surface area contributed by atoms with Crippen LogP contribution in [0.15, 0.2) is 12.2 Å². The van der Waals surface area contributed by atoms with Crippen LogP contribution in [0.25, 0.3) is 0 Å². The quantitative estimate of drug-likeness (QED) is 0.727. The Bertz CT molecular complexity index is 281. The lowest BCUT2D eigenvalue weighted by molar-refractivity contribution is -0.131. The molecular weight excluding hydrogens is 204 g/mol. The van der Waals surface area contributed by atoms with Gasteiger partial charge in [-0.25, -0.2) is 4.79 Å². The highest BCUT2D eigenvalue weighted by molar-refractivity contribution is 5.79. The fourth-order valence-corrected chi connectivity index (χ4v) is 3.07. The molecule has 0 aromatic rings. The highest BCUT2D eigenvalue weighted by Crippen LogP contribution is 2.45. The average molecular weight is 226 g/mol. The Hall–Kier alpha value is -0.830. The van der Waals surface area contributed by atoms with E-state index in [4.69, 9.17) is 5.11 Å². The van der Waals surface area contributed by atoms with E-state index in [-0.39, 0.29) is 11.5 Å². The molecule has 3 atom stereocenters. The summed E-state index contributed by atoms with van der Waals surface area (Å²) in [5.74, 6) is 0.00463. The van der Waals surface area contributed by atoms with Crippen LogP contribution in [-0.4, -0.2) is 22.3 Å². The summed E-state index contributed by atoms with van der Waals surface area (Å²) < 4.78 is 0. The van der Waals surface area contributed by atoms with Crippen molar-refractivity contribution in [2.45, 2.75) is 46.1 Å². The molecule has 0 heterocycles. The van der Waals surface area contributed by atoms with Gasteiger partial charge in [0, 0.05) is 6.08 Å². The van der Waals surface area contributed by atoms with E-state index in [0.29, 0.717) is 11.8 Å². The predicted molar refractivity (Wildman–Crippen MR) is 63.1 cm³/mol. The van der Waals surface area contributed by atoms with Crippen molar-refractivity contribution >= 4 is 5.97 Å². The van der Waals surface area contributed by atoms with Crippen LogP contribution >= 0.6 is 0 Å². The van der Waals surface area contributed by atoms with E-state index in [1.165, 1.54) is 6.08 Å². The molecule has 3 nitrogen and oxygen atoms in total. The van der Waals surface area contributed by atoms with Crippen molar-refractivity contribution in [1.29, 1.82) is 0 Å². The van der Waals surface area contributed by atoms with Crippen LogP contribution in [0.3, 0.4) is 0 Å². The molecule has 3 unspecified atom stereocenters. The summed E-state index contributed by atoms with van der Waals surface area (Å²) in [6.07, 6.45) is 5.17. The lowest BCUT2D eigenvalue weighted by Crippen LogP contribution is -2.39. The van der Waals surface area contributed by atoms with Gasteiger partial charge in [0.15, 0.2) is 0 Å². The van der Waals surface area contributed by atoms with E-state index in [9.17, 15) is 9.90 Å².